The van der Waals surface area contributed by atoms with Crippen molar-refractivity contribution in [2.24, 2.45) is 0 Å². The summed E-state index contributed by atoms with van der Waals surface area (Å²) in [4.78, 5) is 0. The second-order valence-corrected chi connectivity index (χ2v) is 5.47. The Morgan fingerprint density at radius 3 is 2.42 bits per heavy atom. The summed E-state index contributed by atoms with van der Waals surface area (Å²) in [6, 6.07) is 11.8. The lowest BCUT2D eigenvalue weighted by molar-refractivity contribution is 0.296. The maximum Gasteiger partial charge on any atom is 0.148 e. The first kappa shape index (κ1) is 14.0. The molecule has 2 nitrogen and oxygen atoms in total. The average Bonchev–Trinajstić information content (AvgIpc) is 2.39. The zero-order chi connectivity index (χ0) is 13.8. The van der Waals surface area contributed by atoms with Crippen LogP contribution in [0.1, 0.15) is 11.1 Å². The lowest BCUT2D eigenvalue weighted by Crippen LogP contribution is -2.00. The first-order valence-corrected chi connectivity index (χ1v) is 6.95. The molecule has 2 aromatic carbocycles. The Balaban J connectivity index is 2.17. The smallest absolute Gasteiger partial charge is 0.148 e. The standard InChI is InChI=1S/C14H8Br2FNO/c15-11-2-1-3-12(16)14(11)19-8-10-5-4-9(7-18)6-13(10)17/h1-6H,8H2. The fraction of sp³-hybridized carbons (Fsp3) is 0.0714. The molecule has 2 aromatic rings. The molecule has 0 aliphatic rings. The Hall–Kier alpha value is -1.38. The summed E-state index contributed by atoms with van der Waals surface area (Å²) in [5.41, 5.74) is 0.699. The zero-order valence-electron chi connectivity index (χ0n) is 9.66. The summed E-state index contributed by atoms with van der Waals surface area (Å²) in [5, 5.41) is 8.67. The van der Waals surface area contributed by atoms with E-state index in [1.54, 1.807) is 12.1 Å². The molecule has 0 aliphatic heterocycles. The third-order valence-electron chi connectivity index (χ3n) is 2.47. The summed E-state index contributed by atoms with van der Waals surface area (Å²) in [6.45, 7) is 0.0960. The van der Waals surface area contributed by atoms with Crippen LogP contribution in [0.2, 0.25) is 0 Å². The van der Waals surface area contributed by atoms with Crippen LogP contribution < -0.4 is 4.74 Å². The van der Waals surface area contributed by atoms with E-state index in [9.17, 15) is 4.39 Å². The van der Waals surface area contributed by atoms with Gasteiger partial charge in [0.15, 0.2) is 0 Å². The second kappa shape index (κ2) is 6.18. The Bertz CT molecular complexity index is 632. The van der Waals surface area contributed by atoms with Crippen molar-refractivity contribution in [3.63, 3.8) is 0 Å². The van der Waals surface area contributed by atoms with Gasteiger partial charge in [-0.2, -0.15) is 5.26 Å². The van der Waals surface area contributed by atoms with E-state index >= 15 is 0 Å². The van der Waals surface area contributed by atoms with E-state index in [1.807, 2.05) is 24.3 Å². The average molecular weight is 385 g/mol. The largest absolute Gasteiger partial charge is 0.486 e. The summed E-state index contributed by atoms with van der Waals surface area (Å²) < 4.78 is 20.9. The lowest BCUT2D eigenvalue weighted by Gasteiger charge is -2.10. The third kappa shape index (κ3) is 3.34. The zero-order valence-corrected chi connectivity index (χ0v) is 12.8. The van der Waals surface area contributed by atoms with Gasteiger partial charge >= 0.3 is 0 Å². The van der Waals surface area contributed by atoms with Crippen LogP contribution in [0.5, 0.6) is 5.75 Å². The molecule has 0 radical (unpaired) electrons. The van der Waals surface area contributed by atoms with Crippen LogP contribution in [0.4, 0.5) is 4.39 Å². The molecule has 5 heteroatoms. The number of halogens is 3. The number of hydrogen-bond acceptors (Lipinski definition) is 2. The molecule has 2 rings (SSSR count). The number of ether oxygens (including phenoxy) is 1. The van der Waals surface area contributed by atoms with Gasteiger partial charge in [0, 0.05) is 5.56 Å². The highest BCUT2D eigenvalue weighted by Gasteiger charge is 2.09. The Morgan fingerprint density at radius 2 is 1.84 bits per heavy atom. The first-order valence-electron chi connectivity index (χ1n) is 5.37. The summed E-state index contributed by atoms with van der Waals surface area (Å²) in [7, 11) is 0. The van der Waals surface area contributed by atoms with Crippen LogP contribution >= 0.6 is 31.9 Å². The third-order valence-corrected chi connectivity index (χ3v) is 3.72. The van der Waals surface area contributed by atoms with Crippen LogP contribution in [-0.2, 0) is 6.61 Å². The molecule has 0 atom stereocenters. The molecular formula is C14H8Br2FNO. The van der Waals surface area contributed by atoms with Crippen molar-refractivity contribution in [3.05, 3.63) is 62.3 Å². The van der Waals surface area contributed by atoms with Crippen LogP contribution in [0.25, 0.3) is 0 Å². The molecule has 19 heavy (non-hydrogen) atoms. The van der Waals surface area contributed by atoms with Crippen molar-refractivity contribution in [1.29, 1.82) is 5.26 Å². The maximum atomic E-state index is 13.7. The van der Waals surface area contributed by atoms with E-state index in [2.05, 4.69) is 31.9 Å². The van der Waals surface area contributed by atoms with Crippen molar-refractivity contribution in [2.45, 2.75) is 6.61 Å². The monoisotopic (exact) mass is 383 g/mol. The molecule has 96 valence electrons. The van der Waals surface area contributed by atoms with Gasteiger partial charge in [-0.25, -0.2) is 4.39 Å². The molecule has 0 N–H and O–H groups in total. The maximum absolute atomic E-state index is 13.7. The Labute approximate surface area is 127 Å². The normalized spacial score (nSPS) is 10.0. The molecule has 0 saturated carbocycles. The molecule has 0 aromatic heterocycles. The number of rotatable bonds is 3. The minimum absolute atomic E-state index is 0.0960. The van der Waals surface area contributed by atoms with Gasteiger partial charge in [0.05, 0.1) is 20.6 Å². The second-order valence-electron chi connectivity index (χ2n) is 3.76. The molecule has 0 saturated heterocycles. The topological polar surface area (TPSA) is 33.0 Å². The van der Waals surface area contributed by atoms with Crippen molar-refractivity contribution < 1.29 is 9.13 Å². The predicted octanol–water partition coefficient (Wildman–Crippen LogP) is 4.80. The molecule has 0 bridgehead atoms. The van der Waals surface area contributed by atoms with Gasteiger partial charge < -0.3 is 4.74 Å². The van der Waals surface area contributed by atoms with Gasteiger partial charge in [0.2, 0.25) is 0 Å². The first-order chi connectivity index (χ1) is 9.11. The molecule has 0 amide bonds. The van der Waals surface area contributed by atoms with Crippen molar-refractivity contribution in [2.75, 3.05) is 0 Å². The fourth-order valence-electron chi connectivity index (χ4n) is 1.50. The highest BCUT2D eigenvalue weighted by atomic mass is 79.9. The number of hydrogen-bond donors (Lipinski definition) is 0. The Kier molecular flexibility index (Phi) is 4.56. The van der Waals surface area contributed by atoms with Crippen LogP contribution in [-0.4, -0.2) is 0 Å². The number of nitriles is 1. The minimum atomic E-state index is -0.442. The molecule has 0 aliphatic carbocycles. The highest BCUT2D eigenvalue weighted by molar-refractivity contribution is 9.11. The molecule has 0 fully saturated rings. The summed E-state index contributed by atoms with van der Waals surface area (Å²) in [6.07, 6.45) is 0. The summed E-state index contributed by atoms with van der Waals surface area (Å²) >= 11 is 6.74. The van der Waals surface area contributed by atoms with Gasteiger partial charge in [-0.15, -0.1) is 0 Å². The fourth-order valence-corrected chi connectivity index (χ4v) is 2.73. The SMILES string of the molecule is N#Cc1ccc(COc2c(Br)cccc2Br)c(F)c1. The van der Waals surface area contributed by atoms with Crippen molar-refractivity contribution in [1.82, 2.24) is 0 Å². The van der Waals surface area contributed by atoms with E-state index in [4.69, 9.17) is 10.00 Å². The van der Waals surface area contributed by atoms with Crippen molar-refractivity contribution >= 4 is 31.9 Å². The van der Waals surface area contributed by atoms with Crippen LogP contribution in [0.15, 0.2) is 45.3 Å². The van der Waals surface area contributed by atoms with Gasteiger partial charge in [0.1, 0.15) is 18.2 Å². The molecule has 0 unspecified atom stereocenters. The number of benzene rings is 2. The van der Waals surface area contributed by atoms with Crippen LogP contribution in [0.3, 0.4) is 0 Å². The van der Waals surface area contributed by atoms with E-state index in [1.165, 1.54) is 6.07 Å². The van der Waals surface area contributed by atoms with Gasteiger partial charge in [-0.3, -0.25) is 0 Å². The van der Waals surface area contributed by atoms with Crippen LogP contribution in [0, 0.1) is 17.1 Å². The van der Waals surface area contributed by atoms with E-state index < -0.39 is 5.82 Å². The summed E-state index contributed by atoms with van der Waals surface area (Å²) in [5.74, 6) is 0.175. The quantitative estimate of drug-likeness (QED) is 0.761. The molecule has 0 heterocycles. The predicted molar refractivity (Wildman–Crippen MR) is 77.3 cm³/mol. The molecular weight excluding hydrogens is 377 g/mol. The van der Waals surface area contributed by atoms with Gasteiger partial charge in [-0.1, -0.05) is 12.1 Å². The van der Waals surface area contributed by atoms with Gasteiger partial charge in [-0.05, 0) is 56.1 Å². The number of para-hydroxylation sites is 1. The van der Waals surface area contributed by atoms with E-state index in [-0.39, 0.29) is 6.61 Å². The Morgan fingerprint density at radius 1 is 1.16 bits per heavy atom. The van der Waals surface area contributed by atoms with Gasteiger partial charge in [0.25, 0.3) is 0 Å². The van der Waals surface area contributed by atoms with E-state index in [0.717, 1.165) is 8.95 Å². The highest BCUT2D eigenvalue weighted by Crippen LogP contribution is 2.33. The minimum Gasteiger partial charge on any atom is -0.486 e. The lowest BCUT2D eigenvalue weighted by atomic mass is 10.1. The number of nitrogens with zero attached hydrogens (tertiary/aromatic N) is 1. The van der Waals surface area contributed by atoms with Crippen molar-refractivity contribution in [3.8, 4) is 11.8 Å². The molecule has 0 spiro atoms. The van der Waals surface area contributed by atoms with E-state index in [0.29, 0.717) is 16.9 Å².